The van der Waals surface area contributed by atoms with E-state index < -0.39 is 0 Å². The summed E-state index contributed by atoms with van der Waals surface area (Å²) in [5.41, 5.74) is 9.06. The van der Waals surface area contributed by atoms with Crippen molar-refractivity contribution < 1.29 is 0 Å². The molecule has 3 N–H and O–H groups in total. The smallest absolute Gasteiger partial charge is 0.0615 e. The highest BCUT2D eigenvalue weighted by Gasteiger charge is 2.16. The molecule has 1 aliphatic rings. The second-order valence-electron chi connectivity index (χ2n) is 4.93. The van der Waals surface area contributed by atoms with Crippen molar-refractivity contribution in [2.75, 3.05) is 11.1 Å². The van der Waals surface area contributed by atoms with E-state index in [9.17, 15) is 0 Å². The molecular weight excluding hydrogens is 196 g/mol. The Morgan fingerprint density at radius 1 is 1.25 bits per heavy atom. The summed E-state index contributed by atoms with van der Waals surface area (Å²) in [6.45, 7) is 4.57. The van der Waals surface area contributed by atoms with Crippen LogP contribution in [0.3, 0.4) is 0 Å². The summed E-state index contributed by atoms with van der Waals surface area (Å²) in [5.74, 6) is 1.42. The summed E-state index contributed by atoms with van der Waals surface area (Å²) in [4.78, 5) is 0. The van der Waals surface area contributed by atoms with Gasteiger partial charge in [0, 0.05) is 5.70 Å². The molecule has 0 saturated heterocycles. The molecule has 0 radical (unpaired) electrons. The molecule has 2 nitrogen and oxygen atoms in total. The molecule has 0 bridgehead atoms. The van der Waals surface area contributed by atoms with E-state index in [2.05, 4.69) is 25.2 Å². The number of allylic oxidation sites excluding steroid dienone is 2. The number of anilines is 2. The van der Waals surface area contributed by atoms with Gasteiger partial charge in [0.05, 0.1) is 11.4 Å². The van der Waals surface area contributed by atoms with Crippen molar-refractivity contribution in [3.63, 3.8) is 0 Å². The van der Waals surface area contributed by atoms with Crippen LogP contribution in [0.2, 0.25) is 0 Å². The summed E-state index contributed by atoms with van der Waals surface area (Å²) < 4.78 is 0. The Bertz CT molecular complexity index is 395. The van der Waals surface area contributed by atoms with Gasteiger partial charge in [0.25, 0.3) is 0 Å². The highest BCUT2D eigenvalue weighted by atomic mass is 14.9. The van der Waals surface area contributed by atoms with Gasteiger partial charge < -0.3 is 11.1 Å². The lowest BCUT2D eigenvalue weighted by Gasteiger charge is -2.25. The number of hydrogen-bond donors (Lipinski definition) is 2. The van der Waals surface area contributed by atoms with Gasteiger partial charge in [-0.25, -0.2) is 0 Å². The van der Waals surface area contributed by atoms with E-state index >= 15 is 0 Å². The number of nitrogen functional groups attached to an aromatic ring is 1. The molecule has 0 heterocycles. The maximum absolute atomic E-state index is 5.92. The van der Waals surface area contributed by atoms with Crippen LogP contribution in [0.4, 0.5) is 11.4 Å². The molecule has 1 aliphatic carbocycles. The Labute approximate surface area is 97.5 Å². The van der Waals surface area contributed by atoms with Crippen LogP contribution in [-0.2, 0) is 0 Å². The first kappa shape index (κ1) is 11.1. The van der Waals surface area contributed by atoms with E-state index in [1.165, 1.54) is 12.1 Å². The van der Waals surface area contributed by atoms with Crippen LogP contribution in [0.15, 0.2) is 36.0 Å². The lowest BCUT2D eigenvalue weighted by Crippen LogP contribution is -2.14. The fraction of sp³-hybridized carbons (Fsp3) is 0.429. The third-order valence-electron chi connectivity index (χ3n) is 3.08. The molecule has 2 heteroatoms. The van der Waals surface area contributed by atoms with E-state index in [1.54, 1.807) is 0 Å². The molecule has 0 saturated carbocycles. The molecule has 1 aromatic rings. The van der Waals surface area contributed by atoms with Gasteiger partial charge in [-0.05, 0) is 36.8 Å². The monoisotopic (exact) mass is 216 g/mol. The molecule has 16 heavy (non-hydrogen) atoms. The molecule has 1 aromatic carbocycles. The highest BCUT2D eigenvalue weighted by molar-refractivity contribution is 5.67. The number of para-hydroxylation sites is 2. The van der Waals surface area contributed by atoms with Crippen LogP contribution in [0, 0.1) is 11.8 Å². The summed E-state index contributed by atoms with van der Waals surface area (Å²) in [5, 5.41) is 3.45. The fourth-order valence-electron chi connectivity index (χ4n) is 2.45. The first-order valence-electron chi connectivity index (χ1n) is 5.97. The van der Waals surface area contributed by atoms with Gasteiger partial charge in [0.2, 0.25) is 0 Å². The molecule has 0 aromatic heterocycles. The number of nitrogens with two attached hydrogens (primary N) is 1. The molecule has 0 amide bonds. The van der Waals surface area contributed by atoms with Crippen LogP contribution in [0.1, 0.15) is 26.7 Å². The van der Waals surface area contributed by atoms with E-state index in [0.29, 0.717) is 5.92 Å². The zero-order valence-electron chi connectivity index (χ0n) is 10.0. The van der Waals surface area contributed by atoms with Crippen molar-refractivity contribution in [2.45, 2.75) is 26.7 Å². The predicted octanol–water partition coefficient (Wildman–Crippen LogP) is 3.63. The number of benzene rings is 1. The average Bonchev–Trinajstić information content (AvgIpc) is 2.20. The van der Waals surface area contributed by atoms with Crippen LogP contribution in [-0.4, -0.2) is 0 Å². The van der Waals surface area contributed by atoms with Gasteiger partial charge in [-0.2, -0.15) is 0 Å². The first-order chi connectivity index (χ1) is 7.65. The maximum atomic E-state index is 5.92. The second kappa shape index (κ2) is 4.60. The minimum absolute atomic E-state index is 0.663. The van der Waals surface area contributed by atoms with Gasteiger partial charge >= 0.3 is 0 Å². The van der Waals surface area contributed by atoms with E-state index in [1.807, 2.05) is 24.3 Å². The first-order valence-corrected chi connectivity index (χ1v) is 5.97. The number of nitrogens with one attached hydrogen (secondary N) is 1. The van der Waals surface area contributed by atoms with Gasteiger partial charge in [0.15, 0.2) is 0 Å². The largest absolute Gasteiger partial charge is 0.397 e. The average molecular weight is 216 g/mol. The zero-order chi connectivity index (χ0) is 11.5. The number of hydrogen-bond acceptors (Lipinski definition) is 2. The molecule has 2 atom stereocenters. The molecule has 86 valence electrons. The Kier molecular flexibility index (Phi) is 3.18. The molecule has 0 spiro atoms. The summed E-state index contributed by atoms with van der Waals surface area (Å²) in [6, 6.07) is 7.93. The summed E-state index contributed by atoms with van der Waals surface area (Å²) in [7, 11) is 0. The molecule has 2 rings (SSSR count). The van der Waals surface area contributed by atoms with Crippen molar-refractivity contribution in [1.29, 1.82) is 0 Å². The predicted molar refractivity (Wildman–Crippen MR) is 70.1 cm³/mol. The third-order valence-corrected chi connectivity index (χ3v) is 3.08. The minimum atomic E-state index is 0.663. The molecule has 0 aliphatic heterocycles. The van der Waals surface area contributed by atoms with Gasteiger partial charge in [-0.1, -0.05) is 32.1 Å². The summed E-state index contributed by atoms with van der Waals surface area (Å²) in [6.07, 6.45) is 4.74. The van der Waals surface area contributed by atoms with E-state index in [4.69, 9.17) is 5.73 Å². The van der Waals surface area contributed by atoms with Gasteiger partial charge in [-0.3, -0.25) is 0 Å². The minimum Gasteiger partial charge on any atom is -0.397 e. The number of rotatable bonds is 2. The van der Waals surface area contributed by atoms with Gasteiger partial charge in [-0.15, -0.1) is 0 Å². The maximum Gasteiger partial charge on any atom is 0.0615 e. The quantitative estimate of drug-likeness (QED) is 0.741. The fourth-order valence-corrected chi connectivity index (χ4v) is 2.45. The molecular formula is C14H20N2. The zero-order valence-corrected chi connectivity index (χ0v) is 10.0. The molecule has 2 unspecified atom stereocenters. The Balaban J connectivity index is 2.13. The normalized spacial score (nSPS) is 25.0. The van der Waals surface area contributed by atoms with E-state index in [-0.39, 0.29) is 0 Å². The van der Waals surface area contributed by atoms with Crippen LogP contribution < -0.4 is 11.1 Å². The van der Waals surface area contributed by atoms with Crippen molar-refractivity contribution >= 4 is 11.4 Å². The van der Waals surface area contributed by atoms with Crippen molar-refractivity contribution in [2.24, 2.45) is 11.8 Å². The SMILES string of the molecule is CC1C=C(Nc2ccccc2N)CC(C)C1. The lowest BCUT2D eigenvalue weighted by atomic mass is 9.87. The Hall–Kier alpha value is -1.44. The lowest BCUT2D eigenvalue weighted by molar-refractivity contribution is 0.437. The van der Waals surface area contributed by atoms with Crippen LogP contribution in [0.5, 0.6) is 0 Å². The van der Waals surface area contributed by atoms with Crippen molar-refractivity contribution in [3.05, 3.63) is 36.0 Å². The molecule has 0 fully saturated rings. The standard InChI is InChI=1S/C14H20N2/c1-10-7-11(2)9-12(8-10)16-14-6-4-3-5-13(14)15/h3-6,8,10-11,16H,7,9,15H2,1-2H3. The topological polar surface area (TPSA) is 38.0 Å². The van der Waals surface area contributed by atoms with Crippen molar-refractivity contribution in [3.8, 4) is 0 Å². The van der Waals surface area contributed by atoms with E-state index in [0.717, 1.165) is 23.7 Å². The summed E-state index contributed by atoms with van der Waals surface area (Å²) >= 11 is 0. The second-order valence-corrected chi connectivity index (χ2v) is 4.93. The van der Waals surface area contributed by atoms with Crippen LogP contribution in [0.25, 0.3) is 0 Å². The van der Waals surface area contributed by atoms with Crippen LogP contribution >= 0.6 is 0 Å². The highest BCUT2D eigenvalue weighted by Crippen LogP contribution is 2.29. The Morgan fingerprint density at radius 3 is 2.69 bits per heavy atom. The van der Waals surface area contributed by atoms with Gasteiger partial charge in [0.1, 0.15) is 0 Å². The third kappa shape index (κ3) is 2.57. The van der Waals surface area contributed by atoms with Crippen molar-refractivity contribution in [1.82, 2.24) is 0 Å². The Morgan fingerprint density at radius 2 is 2.00 bits per heavy atom.